The van der Waals surface area contributed by atoms with Gasteiger partial charge in [0.2, 0.25) is 0 Å². The fourth-order valence-corrected chi connectivity index (χ4v) is 9.81. The first-order valence-electron chi connectivity index (χ1n) is 19.0. The van der Waals surface area contributed by atoms with Gasteiger partial charge in [0.15, 0.2) is 0 Å². The zero-order valence-corrected chi connectivity index (χ0v) is 33.2. The Hall–Kier alpha value is -5.05. The van der Waals surface area contributed by atoms with Crippen molar-refractivity contribution in [3.05, 3.63) is 163 Å². The highest BCUT2D eigenvalue weighted by Crippen LogP contribution is 2.37. The van der Waals surface area contributed by atoms with E-state index in [1.165, 1.54) is 49.5 Å². The smallest absolute Gasteiger partial charge is 0.0999 e. The topological polar surface area (TPSA) is 35.6 Å². The molecule has 0 fully saturated rings. The normalized spacial score (nSPS) is 11.9. The van der Waals surface area contributed by atoms with Crippen LogP contribution in [0.1, 0.15) is 101 Å². The van der Waals surface area contributed by atoms with E-state index < -0.39 is 7.92 Å². The van der Waals surface area contributed by atoms with Crippen molar-refractivity contribution in [2.75, 3.05) is 0 Å². The lowest BCUT2D eigenvalue weighted by molar-refractivity contribution is 0.805. The molecule has 0 spiro atoms. The summed E-state index contributed by atoms with van der Waals surface area (Å²) >= 11 is 0. The summed E-state index contributed by atoms with van der Waals surface area (Å²) in [5, 5.41) is 3.89. The zero-order chi connectivity index (χ0) is 37.2. The van der Waals surface area contributed by atoms with Gasteiger partial charge >= 0.3 is 0 Å². The molecule has 0 radical (unpaired) electrons. The molecule has 0 unspecified atom stereocenters. The van der Waals surface area contributed by atoms with Crippen LogP contribution in [-0.2, 0) is 0 Å². The molecular formula is C48H51N4P. The fraction of sp³-hybridized carbons (Fsp3) is 0.250. The Labute approximate surface area is 317 Å². The van der Waals surface area contributed by atoms with Crippen LogP contribution in [-0.4, -0.2) is 19.1 Å². The monoisotopic (exact) mass is 714 g/mol. The quantitative estimate of drug-likeness (QED) is 0.125. The molecule has 268 valence electrons. The van der Waals surface area contributed by atoms with E-state index in [9.17, 15) is 0 Å². The number of nitrogens with zero attached hydrogens (tertiary/aromatic N) is 4. The second-order valence-electron chi connectivity index (χ2n) is 15.3. The molecule has 2 heterocycles. The highest BCUT2D eigenvalue weighted by Gasteiger charge is 2.21. The minimum atomic E-state index is -0.857. The molecule has 5 heteroatoms. The summed E-state index contributed by atoms with van der Waals surface area (Å²) in [4.78, 5) is 9.97. The lowest BCUT2D eigenvalue weighted by atomic mass is 9.92. The van der Waals surface area contributed by atoms with Crippen LogP contribution in [0, 0.1) is 0 Å². The van der Waals surface area contributed by atoms with Crippen LogP contribution < -0.4 is 15.9 Å². The molecule has 0 bridgehead atoms. The van der Waals surface area contributed by atoms with Gasteiger partial charge in [-0.3, -0.25) is 0 Å². The second kappa shape index (κ2) is 15.5. The maximum Gasteiger partial charge on any atom is 0.0999 e. The Morgan fingerprint density at radius 2 is 0.774 bits per heavy atom. The van der Waals surface area contributed by atoms with Crippen LogP contribution in [0.25, 0.3) is 33.9 Å². The summed E-state index contributed by atoms with van der Waals surface area (Å²) in [6.07, 6.45) is 8.38. The Balaban J connectivity index is 1.28. The minimum absolute atomic E-state index is 0.408. The molecule has 0 N–H and O–H groups in total. The van der Waals surface area contributed by atoms with Crippen LogP contribution in [0.4, 0.5) is 0 Å². The summed E-state index contributed by atoms with van der Waals surface area (Å²) in [5.74, 6) is 1.63. The van der Waals surface area contributed by atoms with E-state index in [-0.39, 0.29) is 0 Å². The van der Waals surface area contributed by atoms with E-state index in [1.807, 2.05) is 12.7 Å². The third-order valence-corrected chi connectivity index (χ3v) is 12.6. The molecule has 0 atom stereocenters. The number of rotatable bonds is 11. The largest absolute Gasteiger partial charge is 0.305 e. The third kappa shape index (κ3) is 7.44. The van der Waals surface area contributed by atoms with Gasteiger partial charge in [-0.15, -0.1) is 0 Å². The number of hydrogen-bond donors (Lipinski definition) is 0. The summed E-state index contributed by atoms with van der Waals surface area (Å²) in [5.41, 5.74) is 12.1. The highest BCUT2D eigenvalue weighted by atomic mass is 31.1. The molecule has 2 aromatic heterocycles. The molecule has 7 rings (SSSR count). The van der Waals surface area contributed by atoms with E-state index in [0.717, 1.165) is 22.5 Å². The zero-order valence-electron chi connectivity index (χ0n) is 32.3. The molecule has 0 aliphatic heterocycles. The lowest BCUT2D eigenvalue weighted by Crippen LogP contribution is -2.20. The van der Waals surface area contributed by atoms with Gasteiger partial charge in [0.1, 0.15) is 0 Å². The maximum atomic E-state index is 4.98. The summed E-state index contributed by atoms with van der Waals surface area (Å²) in [7, 11) is -0.857. The minimum Gasteiger partial charge on any atom is -0.305 e. The summed E-state index contributed by atoms with van der Waals surface area (Å²) in [6, 6.07) is 42.3. The van der Waals surface area contributed by atoms with Crippen molar-refractivity contribution in [3.63, 3.8) is 0 Å². The first-order chi connectivity index (χ1) is 25.6. The average molecular weight is 715 g/mol. The maximum absolute atomic E-state index is 4.98. The Morgan fingerprint density at radius 3 is 1.15 bits per heavy atom. The van der Waals surface area contributed by atoms with Gasteiger partial charge in [0, 0.05) is 23.5 Å². The predicted octanol–water partition coefficient (Wildman–Crippen LogP) is 11.6. The molecule has 0 aliphatic rings. The molecule has 53 heavy (non-hydrogen) atoms. The van der Waals surface area contributed by atoms with Crippen molar-refractivity contribution in [1.82, 2.24) is 19.1 Å². The van der Waals surface area contributed by atoms with Crippen LogP contribution >= 0.6 is 7.92 Å². The average Bonchev–Trinajstić information content (AvgIpc) is 3.86. The standard InChI is InChI=1S/C48H51N4P/c1-32(2)41-22-14-23-42(33(3)4)47(41)51-28-45(49-30-51)36-16-12-20-39(26-36)53(38-18-10-9-11-19-38)40-21-13-17-37(27-40)46-29-52(31-50-46)48-43(34(5)6)24-15-25-44(48)35(7)8/h9-35H,1-8H3. The Bertz CT molecular complexity index is 2130. The lowest BCUT2D eigenvalue weighted by Gasteiger charge is -2.21. The molecule has 0 aliphatic carbocycles. The first kappa shape index (κ1) is 36.3. The fourth-order valence-electron chi connectivity index (χ4n) is 7.44. The van der Waals surface area contributed by atoms with Crippen LogP contribution in [0.2, 0.25) is 0 Å². The van der Waals surface area contributed by atoms with Crippen LogP contribution in [0.3, 0.4) is 0 Å². The SMILES string of the molecule is CC(C)c1cccc(C(C)C)c1-n1cnc(-c2cccc(P(c3ccccc3)c3cccc(-c4cn(-c5c(C(C)C)cccc5C(C)C)cn4)c3)c2)c1. The summed E-state index contributed by atoms with van der Waals surface area (Å²) < 4.78 is 4.47. The van der Waals surface area contributed by atoms with Crippen LogP contribution in [0.15, 0.2) is 140 Å². The van der Waals surface area contributed by atoms with E-state index in [0.29, 0.717) is 23.7 Å². The van der Waals surface area contributed by atoms with E-state index in [1.54, 1.807) is 0 Å². The summed E-state index contributed by atoms with van der Waals surface area (Å²) in [6.45, 7) is 18.2. The second-order valence-corrected chi connectivity index (χ2v) is 17.5. The number of benzene rings is 5. The van der Waals surface area contributed by atoms with Gasteiger partial charge < -0.3 is 9.13 Å². The van der Waals surface area contributed by atoms with Crippen molar-refractivity contribution in [3.8, 4) is 33.9 Å². The van der Waals surface area contributed by atoms with Crippen molar-refractivity contribution in [2.45, 2.75) is 79.1 Å². The number of imidazole rings is 2. The van der Waals surface area contributed by atoms with E-state index in [4.69, 9.17) is 9.97 Å². The van der Waals surface area contributed by atoms with Crippen molar-refractivity contribution in [1.29, 1.82) is 0 Å². The molecule has 0 amide bonds. The number of hydrogen-bond acceptors (Lipinski definition) is 2. The third-order valence-electron chi connectivity index (χ3n) is 10.2. The van der Waals surface area contributed by atoms with Gasteiger partial charge in [-0.05, 0) is 81.9 Å². The van der Waals surface area contributed by atoms with E-state index >= 15 is 0 Å². The first-order valence-corrected chi connectivity index (χ1v) is 20.3. The number of aromatic nitrogens is 4. The Morgan fingerprint density at radius 1 is 0.415 bits per heavy atom. The van der Waals surface area contributed by atoms with Gasteiger partial charge in [0.05, 0.1) is 35.4 Å². The van der Waals surface area contributed by atoms with Gasteiger partial charge in [-0.25, -0.2) is 9.97 Å². The van der Waals surface area contributed by atoms with Crippen LogP contribution in [0.5, 0.6) is 0 Å². The molecule has 7 aromatic rings. The molecule has 5 aromatic carbocycles. The molecular weight excluding hydrogens is 664 g/mol. The van der Waals surface area contributed by atoms with Gasteiger partial charge in [0.25, 0.3) is 0 Å². The van der Waals surface area contributed by atoms with Gasteiger partial charge in [-0.2, -0.15) is 0 Å². The molecule has 0 saturated heterocycles. The number of para-hydroxylation sites is 2. The van der Waals surface area contributed by atoms with Crippen molar-refractivity contribution < 1.29 is 0 Å². The van der Waals surface area contributed by atoms with Crippen molar-refractivity contribution >= 4 is 23.8 Å². The van der Waals surface area contributed by atoms with Crippen molar-refractivity contribution in [2.24, 2.45) is 0 Å². The molecule has 0 saturated carbocycles. The predicted molar refractivity (Wildman–Crippen MR) is 227 cm³/mol. The van der Waals surface area contributed by atoms with Gasteiger partial charge in [-0.1, -0.05) is 159 Å². The van der Waals surface area contributed by atoms with E-state index in [2.05, 4.69) is 192 Å². The molecule has 4 nitrogen and oxygen atoms in total. The Kier molecular flexibility index (Phi) is 10.6. The highest BCUT2D eigenvalue weighted by molar-refractivity contribution is 7.79.